The van der Waals surface area contributed by atoms with Crippen LogP contribution in [0.3, 0.4) is 0 Å². The second-order valence-electron chi connectivity index (χ2n) is 6.70. The topological polar surface area (TPSA) is 87.2 Å². The van der Waals surface area contributed by atoms with Gasteiger partial charge < -0.3 is 10.6 Å². The molecule has 0 atom stereocenters. The standard InChI is InChI=1S/C18H21N5O2/c24-16-18(8-3-4-9-18)22-17(25)23(16)11-5-10-19-15-12-20-13-6-1-2-7-14(13)21-15/h1-2,6-7,12H,3-5,8-11H2,(H,19,21)(H,22,25). The molecular formula is C18H21N5O2. The maximum Gasteiger partial charge on any atom is 0.325 e. The van der Waals surface area contributed by atoms with Crippen molar-refractivity contribution in [3.8, 4) is 0 Å². The Morgan fingerprint density at radius 2 is 1.92 bits per heavy atom. The van der Waals surface area contributed by atoms with Gasteiger partial charge in [-0.05, 0) is 31.4 Å². The van der Waals surface area contributed by atoms with Gasteiger partial charge in [-0.2, -0.15) is 0 Å². The fourth-order valence-electron chi connectivity index (χ4n) is 3.69. The fourth-order valence-corrected chi connectivity index (χ4v) is 3.69. The number of fused-ring (bicyclic) bond motifs is 1. The summed E-state index contributed by atoms with van der Waals surface area (Å²) >= 11 is 0. The van der Waals surface area contributed by atoms with Gasteiger partial charge in [-0.15, -0.1) is 0 Å². The molecule has 2 aromatic rings. The Labute approximate surface area is 145 Å². The first-order chi connectivity index (χ1) is 12.2. The van der Waals surface area contributed by atoms with Crippen LogP contribution in [-0.2, 0) is 4.79 Å². The predicted molar refractivity (Wildman–Crippen MR) is 94.1 cm³/mol. The molecule has 0 bridgehead atoms. The molecule has 2 heterocycles. The first kappa shape index (κ1) is 15.8. The molecule has 1 spiro atoms. The van der Waals surface area contributed by atoms with Gasteiger partial charge in [0.2, 0.25) is 0 Å². The first-order valence-corrected chi connectivity index (χ1v) is 8.78. The fraction of sp³-hybridized carbons (Fsp3) is 0.444. The number of urea groups is 1. The number of hydrogen-bond acceptors (Lipinski definition) is 5. The molecule has 2 aliphatic rings. The number of para-hydroxylation sites is 2. The molecule has 1 saturated carbocycles. The van der Waals surface area contributed by atoms with Crippen LogP contribution >= 0.6 is 0 Å². The van der Waals surface area contributed by atoms with E-state index < -0.39 is 5.54 Å². The molecule has 25 heavy (non-hydrogen) atoms. The van der Waals surface area contributed by atoms with Crippen molar-refractivity contribution in [3.05, 3.63) is 30.5 Å². The highest BCUT2D eigenvalue weighted by molar-refractivity contribution is 6.07. The molecule has 0 unspecified atom stereocenters. The molecule has 7 heteroatoms. The zero-order valence-corrected chi connectivity index (χ0v) is 14.0. The molecule has 1 aliphatic heterocycles. The van der Waals surface area contributed by atoms with Crippen LogP contribution < -0.4 is 10.6 Å². The third-order valence-corrected chi connectivity index (χ3v) is 5.02. The minimum atomic E-state index is -0.617. The van der Waals surface area contributed by atoms with Crippen LogP contribution in [0, 0.1) is 0 Å². The Morgan fingerprint density at radius 3 is 2.72 bits per heavy atom. The summed E-state index contributed by atoms with van der Waals surface area (Å²) in [6.45, 7) is 1.04. The number of carbonyl (C=O) groups is 2. The van der Waals surface area contributed by atoms with Crippen molar-refractivity contribution in [2.45, 2.75) is 37.6 Å². The van der Waals surface area contributed by atoms with E-state index in [1.54, 1.807) is 6.20 Å². The van der Waals surface area contributed by atoms with E-state index in [-0.39, 0.29) is 11.9 Å². The summed E-state index contributed by atoms with van der Waals surface area (Å²) in [6.07, 6.45) is 5.90. The zero-order chi connectivity index (χ0) is 17.3. The van der Waals surface area contributed by atoms with Gasteiger partial charge in [-0.1, -0.05) is 25.0 Å². The lowest BCUT2D eigenvalue weighted by Crippen LogP contribution is -2.44. The number of hydrogen-bond donors (Lipinski definition) is 2. The molecule has 0 radical (unpaired) electrons. The van der Waals surface area contributed by atoms with Crippen LogP contribution in [0.2, 0.25) is 0 Å². The Hall–Kier alpha value is -2.70. The predicted octanol–water partition coefficient (Wildman–Crippen LogP) is 2.30. The average molecular weight is 339 g/mol. The van der Waals surface area contributed by atoms with E-state index in [4.69, 9.17) is 0 Å². The largest absolute Gasteiger partial charge is 0.369 e. The van der Waals surface area contributed by atoms with Crippen molar-refractivity contribution >= 4 is 28.8 Å². The Bertz CT molecular complexity index is 816. The number of imide groups is 1. The summed E-state index contributed by atoms with van der Waals surface area (Å²) in [5, 5.41) is 6.11. The third-order valence-electron chi connectivity index (χ3n) is 5.02. The smallest absolute Gasteiger partial charge is 0.325 e. The van der Waals surface area contributed by atoms with Crippen LogP contribution in [-0.4, -0.2) is 45.4 Å². The zero-order valence-electron chi connectivity index (χ0n) is 14.0. The van der Waals surface area contributed by atoms with Crippen LogP contribution in [0.5, 0.6) is 0 Å². The summed E-state index contributed by atoms with van der Waals surface area (Å²) in [5.41, 5.74) is 1.08. The number of carbonyl (C=O) groups excluding carboxylic acids is 2. The molecule has 1 aromatic carbocycles. The van der Waals surface area contributed by atoms with Gasteiger partial charge >= 0.3 is 6.03 Å². The minimum Gasteiger partial charge on any atom is -0.369 e. The van der Waals surface area contributed by atoms with Gasteiger partial charge in [0.05, 0.1) is 17.2 Å². The number of rotatable bonds is 5. The van der Waals surface area contributed by atoms with E-state index in [1.807, 2.05) is 24.3 Å². The van der Waals surface area contributed by atoms with Crippen LogP contribution in [0.1, 0.15) is 32.1 Å². The second kappa shape index (κ2) is 6.31. The summed E-state index contributed by atoms with van der Waals surface area (Å²) in [6, 6.07) is 7.44. The molecule has 1 aromatic heterocycles. The lowest BCUT2D eigenvalue weighted by Gasteiger charge is -2.20. The maximum absolute atomic E-state index is 12.6. The van der Waals surface area contributed by atoms with Crippen LogP contribution in [0.25, 0.3) is 11.0 Å². The Morgan fingerprint density at radius 1 is 1.16 bits per heavy atom. The quantitative estimate of drug-likeness (QED) is 0.645. The third kappa shape index (κ3) is 2.90. The number of amides is 3. The van der Waals surface area contributed by atoms with Crippen molar-refractivity contribution < 1.29 is 9.59 Å². The molecule has 130 valence electrons. The van der Waals surface area contributed by atoms with Crippen molar-refractivity contribution in [1.82, 2.24) is 20.2 Å². The number of nitrogens with one attached hydrogen (secondary N) is 2. The SMILES string of the molecule is O=C1NC2(CCCC2)C(=O)N1CCCNc1cnc2ccccc2n1. The molecule has 2 fully saturated rings. The number of nitrogens with zero attached hydrogens (tertiary/aromatic N) is 3. The van der Waals surface area contributed by atoms with Crippen LogP contribution in [0.15, 0.2) is 30.5 Å². The first-order valence-electron chi connectivity index (χ1n) is 8.78. The van der Waals surface area contributed by atoms with Crippen molar-refractivity contribution in [2.75, 3.05) is 18.4 Å². The van der Waals surface area contributed by atoms with E-state index >= 15 is 0 Å². The molecule has 3 amide bonds. The summed E-state index contributed by atoms with van der Waals surface area (Å²) < 4.78 is 0. The van der Waals surface area contributed by atoms with Gasteiger partial charge in [0, 0.05) is 13.1 Å². The molecule has 7 nitrogen and oxygen atoms in total. The van der Waals surface area contributed by atoms with E-state index in [1.165, 1.54) is 4.90 Å². The van der Waals surface area contributed by atoms with Crippen molar-refractivity contribution in [2.24, 2.45) is 0 Å². The number of aromatic nitrogens is 2. The van der Waals surface area contributed by atoms with E-state index in [0.717, 1.165) is 36.7 Å². The number of benzene rings is 1. The van der Waals surface area contributed by atoms with Gasteiger partial charge in [0.1, 0.15) is 11.4 Å². The van der Waals surface area contributed by atoms with E-state index in [9.17, 15) is 9.59 Å². The van der Waals surface area contributed by atoms with E-state index in [0.29, 0.717) is 25.3 Å². The lowest BCUT2D eigenvalue weighted by molar-refractivity contribution is -0.131. The van der Waals surface area contributed by atoms with E-state index in [2.05, 4.69) is 20.6 Å². The average Bonchev–Trinajstić information content (AvgIpc) is 3.18. The molecular weight excluding hydrogens is 318 g/mol. The molecule has 2 N–H and O–H groups in total. The Kier molecular flexibility index (Phi) is 3.99. The normalized spacial score (nSPS) is 19.0. The molecule has 1 aliphatic carbocycles. The molecule has 4 rings (SSSR count). The number of anilines is 1. The lowest BCUT2D eigenvalue weighted by atomic mass is 9.98. The maximum atomic E-state index is 12.6. The van der Waals surface area contributed by atoms with Gasteiger partial charge in [0.25, 0.3) is 5.91 Å². The molecule has 1 saturated heterocycles. The summed E-state index contributed by atoms with van der Waals surface area (Å²) in [7, 11) is 0. The van der Waals surface area contributed by atoms with Crippen LogP contribution in [0.4, 0.5) is 10.6 Å². The Balaban J connectivity index is 1.31. The minimum absolute atomic E-state index is 0.0551. The second-order valence-corrected chi connectivity index (χ2v) is 6.70. The van der Waals surface area contributed by atoms with Crippen molar-refractivity contribution in [1.29, 1.82) is 0 Å². The summed E-state index contributed by atoms with van der Waals surface area (Å²) in [4.78, 5) is 34.9. The highest BCUT2D eigenvalue weighted by Gasteiger charge is 2.51. The van der Waals surface area contributed by atoms with Gasteiger partial charge in [-0.25, -0.2) is 9.78 Å². The highest BCUT2D eigenvalue weighted by atomic mass is 16.2. The summed E-state index contributed by atoms with van der Waals surface area (Å²) in [5.74, 6) is 0.642. The highest BCUT2D eigenvalue weighted by Crippen LogP contribution is 2.34. The van der Waals surface area contributed by atoms with Gasteiger partial charge in [0.15, 0.2) is 0 Å². The monoisotopic (exact) mass is 339 g/mol. The van der Waals surface area contributed by atoms with Gasteiger partial charge in [-0.3, -0.25) is 14.7 Å². The van der Waals surface area contributed by atoms with Crippen molar-refractivity contribution in [3.63, 3.8) is 0 Å².